The summed E-state index contributed by atoms with van der Waals surface area (Å²) >= 11 is 6.59. The van der Waals surface area contributed by atoms with E-state index < -0.39 is 120 Å². The number of rotatable bonds is 19. The van der Waals surface area contributed by atoms with Crippen LogP contribution in [0.3, 0.4) is 0 Å². The van der Waals surface area contributed by atoms with Crippen molar-refractivity contribution in [3.05, 3.63) is 70.9 Å². The highest BCUT2D eigenvalue weighted by Crippen LogP contribution is 2.27. The van der Waals surface area contributed by atoms with Crippen molar-refractivity contribution in [2.75, 3.05) is 19.6 Å². The van der Waals surface area contributed by atoms with Gasteiger partial charge in [-0.3, -0.25) is 57.9 Å². The summed E-state index contributed by atoms with van der Waals surface area (Å²) in [5.41, 5.74) is 35.2. The number of hydrogen-bond acceptors (Lipinski definition) is 12. The summed E-state index contributed by atoms with van der Waals surface area (Å²) < 4.78 is 0. The molecule has 2 heterocycles. The van der Waals surface area contributed by atoms with Crippen molar-refractivity contribution in [3.63, 3.8) is 0 Å². The van der Waals surface area contributed by atoms with Crippen LogP contribution in [0.5, 0.6) is 0 Å². The Morgan fingerprint density at radius 1 is 0.727 bits per heavy atom. The van der Waals surface area contributed by atoms with Gasteiger partial charge in [-0.15, -0.1) is 0 Å². The molecule has 0 saturated carbocycles. The Bertz CT molecular complexity index is 2650. The van der Waals surface area contributed by atoms with E-state index in [1.54, 1.807) is 30.5 Å². The number of hydrogen-bond donors (Lipinski definition) is 13. The third-order valence-electron chi connectivity index (χ3n) is 12.9. The van der Waals surface area contributed by atoms with Gasteiger partial charge in [-0.25, -0.2) is 0 Å². The number of guanidine groups is 2. The molecule has 7 atom stereocenters. The van der Waals surface area contributed by atoms with Gasteiger partial charge < -0.3 is 71.3 Å². The minimum atomic E-state index is -1.55. The molecule has 25 nitrogen and oxygen atoms in total. The van der Waals surface area contributed by atoms with Gasteiger partial charge in [0.05, 0.1) is 6.04 Å². The Hall–Kier alpha value is -8.09. The molecule has 0 spiro atoms. The van der Waals surface area contributed by atoms with Gasteiger partial charge in [-0.2, -0.15) is 0 Å². The van der Waals surface area contributed by atoms with E-state index in [-0.39, 0.29) is 107 Å². The number of nitrogens with one attached hydrogen (secondary N) is 7. The fraction of sp³-hybridized carbons (Fsp3) is 0.490. The maximum Gasteiger partial charge on any atom is 0.243 e. The average molecular weight is 1090 g/mol. The van der Waals surface area contributed by atoms with Crippen molar-refractivity contribution < 1.29 is 47.9 Å². The lowest BCUT2D eigenvalue weighted by Gasteiger charge is -2.27. The van der Waals surface area contributed by atoms with Gasteiger partial charge in [0.25, 0.3) is 0 Å². The molecule has 0 bridgehead atoms. The number of para-hydroxylation sites is 1. The molecular formula is C51H72ClN15O10. The molecule has 0 radical (unpaired) electrons. The topological polar surface area (TPSA) is 440 Å². The molecule has 1 fully saturated rings. The number of primary amides is 2. The second-order valence-electron chi connectivity index (χ2n) is 18.9. The minimum Gasteiger partial charge on any atom is -0.370 e. The number of nitrogens with two attached hydrogens (primary N) is 6. The zero-order chi connectivity index (χ0) is 56.6. The lowest BCUT2D eigenvalue weighted by molar-refractivity contribution is -0.135. The average Bonchev–Trinajstić information content (AvgIpc) is 3.78. The third-order valence-corrected chi connectivity index (χ3v) is 13.2. The molecule has 1 aromatic heterocycles. The summed E-state index contributed by atoms with van der Waals surface area (Å²) in [5.74, 6) is -10.1. The van der Waals surface area contributed by atoms with Crippen LogP contribution >= 0.6 is 11.6 Å². The van der Waals surface area contributed by atoms with Crippen LogP contribution < -0.4 is 66.3 Å². The Morgan fingerprint density at radius 2 is 1.39 bits per heavy atom. The van der Waals surface area contributed by atoms with E-state index >= 15 is 0 Å². The summed E-state index contributed by atoms with van der Waals surface area (Å²) in [7, 11) is 0. The molecule has 3 aromatic rings. The van der Waals surface area contributed by atoms with E-state index in [0.717, 1.165) is 10.9 Å². The van der Waals surface area contributed by atoms with Crippen molar-refractivity contribution >= 4 is 93.2 Å². The van der Waals surface area contributed by atoms with E-state index in [0.29, 0.717) is 11.1 Å². The van der Waals surface area contributed by atoms with Crippen LogP contribution in [-0.4, -0.2) is 126 Å². The van der Waals surface area contributed by atoms with E-state index in [9.17, 15) is 47.9 Å². The molecule has 1 aliphatic rings. The fourth-order valence-corrected chi connectivity index (χ4v) is 9.01. The number of aromatic nitrogens is 1. The monoisotopic (exact) mass is 1090 g/mol. The Morgan fingerprint density at radius 3 is 2.06 bits per heavy atom. The molecule has 1 aliphatic heterocycles. The van der Waals surface area contributed by atoms with Crippen LogP contribution in [0.2, 0.25) is 5.02 Å². The number of nitrogens with zero attached hydrogens (tertiary/aromatic N) is 2. The van der Waals surface area contributed by atoms with Gasteiger partial charge in [0.2, 0.25) is 47.3 Å². The number of fused-ring (bicyclic) bond motifs is 1. The van der Waals surface area contributed by atoms with Gasteiger partial charge in [0, 0.05) is 92.6 Å². The molecule has 418 valence electrons. The number of benzene rings is 2. The molecule has 8 amide bonds. The predicted octanol–water partition coefficient (Wildman–Crippen LogP) is -1.25. The lowest BCUT2D eigenvalue weighted by Crippen LogP contribution is -2.58. The number of halogens is 1. The highest BCUT2D eigenvalue weighted by molar-refractivity contribution is 6.31. The number of Topliss-reactive ketones (excluding diaryl/α,β-unsaturated/α-hetero) is 2. The number of ketones is 2. The van der Waals surface area contributed by atoms with E-state index in [2.05, 4.69) is 46.9 Å². The van der Waals surface area contributed by atoms with Gasteiger partial charge in [0.15, 0.2) is 17.7 Å². The summed E-state index contributed by atoms with van der Waals surface area (Å²) in [6, 6.07) is 6.92. The Labute approximate surface area is 450 Å². The number of amides is 8. The molecule has 26 heteroatoms. The summed E-state index contributed by atoms with van der Waals surface area (Å²) in [6.45, 7) is 1.31. The number of H-pyrrole nitrogens is 1. The molecule has 0 unspecified atom stereocenters. The van der Waals surface area contributed by atoms with Gasteiger partial charge in [-0.05, 0) is 81.0 Å². The quantitative estimate of drug-likeness (QED) is 0.0379. The third kappa shape index (κ3) is 21.2. The van der Waals surface area contributed by atoms with Crippen LogP contribution in [0.1, 0.15) is 95.1 Å². The van der Waals surface area contributed by atoms with Crippen LogP contribution in [0, 0.1) is 11.8 Å². The van der Waals surface area contributed by atoms with E-state index in [1.165, 1.54) is 6.92 Å². The first-order valence-corrected chi connectivity index (χ1v) is 25.8. The molecule has 19 N–H and O–H groups in total. The molecule has 2 aromatic carbocycles. The maximum atomic E-state index is 14.8. The molecule has 77 heavy (non-hydrogen) atoms. The van der Waals surface area contributed by atoms with E-state index in [4.69, 9.17) is 46.0 Å². The summed E-state index contributed by atoms with van der Waals surface area (Å²) in [6.07, 6.45) is -0.325. The van der Waals surface area contributed by atoms with Crippen molar-refractivity contribution in [1.29, 1.82) is 0 Å². The number of carbonyl (C=O) groups is 10. The first kappa shape index (κ1) is 61.5. The van der Waals surface area contributed by atoms with Crippen molar-refractivity contribution in [3.8, 4) is 0 Å². The summed E-state index contributed by atoms with van der Waals surface area (Å²) in [5, 5.41) is 16.8. The standard InChI is InChI=1S/C51H72ClN15O10/c1-28(68)63-37(14-8-22-61-51(57)58)47(75)65-38-15-7-20-59-44(72)19-17-36(45(54)73)64-46(74)31(23-32-27-62-35-13-5-3-11-33(32)35)26-41(69)30(10-6-21-60-50(55)56)25-42(70)40(24-29-9-2-4-12-34(29)52)67-49(77)39(66-48(38)76)16-18-43(53)71/h2-5,9,11-13,27,30-31,36-40,62H,6-8,10,14-26H2,1H3,(H2,53,71)(H2,54,73)(H,59,72)(H,63,68)(H,64,74)(H,65,75)(H,66,76)(H,67,77)(H4,55,56,60)(H4,57,58,61)/t30-,31-,36+,37+,38+,39+,40-/m1/s1. The zero-order valence-corrected chi connectivity index (χ0v) is 43.8. The first-order chi connectivity index (χ1) is 36.6. The normalized spacial score (nSPS) is 21.0. The first-order valence-electron chi connectivity index (χ1n) is 25.4. The van der Waals surface area contributed by atoms with E-state index in [1.807, 2.05) is 24.3 Å². The van der Waals surface area contributed by atoms with Crippen LogP contribution in [0.25, 0.3) is 10.9 Å². The fourth-order valence-electron chi connectivity index (χ4n) is 8.80. The van der Waals surface area contributed by atoms with Gasteiger partial charge in [0.1, 0.15) is 30.0 Å². The highest BCUT2D eigenvalue weighted by Gasteiger charge is 2.35. The SMILES string of the molecule is CC(=O)N[C@@H](CCCN=C(N)N)C(=O)N[C@H]1CCCNC(=O)CC[C@@H](C(N)=O)NC(=O)[C@H](Cc2c[nH]c3ccccc23)CC(=O)[C@H](CCCN=C(N)N)CC(=O)[C@@H](Cc2ccccc2Cl)NC(=O)[C@H](CCC(N)=O)NC1=O. The minimum absolute atomic E-state index is 0.000587. The van der Waals surface area contributed by atoms with Crippen LogP contribution in [-0.2, 0) is 60.8 Å². The predicted molar refractivity (Wildman–Crippen MR) is 288 cm³/mol. The molecule has 1 saturated heterocycles. The molecule has 4 rings (SSSR count). The lowest BCUT2D eigenvalue weighted by atomic mass is 9.83. The van der Waals surface area contributed by atoms with Crippen LogP contribution in [0.15, 0.2) is 64.7 Å². The second kappa shape index (κ2) is 31.1. The van der Waals surface area contributed by atoms with Crippen molar-refractivity contribution in [2.24, 2.45) is 56.2 Å². The zero-order valence-electron chi connectivity index (χ0n) is 43.1. The number of aliphatic imine (C=N–C) groups is 2. The van der Waals surface area contributed by atoms with Crippen molar-refractivity contribution in [1.82, 2.24) is 36.9 Å². The van der Waals surface area contributed by atoms with Crippen molar-refractivity contribution in [2.45, 2.75) is 127 Å². The van der Waals surface area contributed by atoms with Gasteiger partial charge >= 0.3 is 0 Å². The number of carbonyl (C=O) groups excluding carboxylic acids is 10. The molecule has 0 aliphatic carbocycles. The highest BCUT2D eigenvalue weighted by atomic mass is 35.5. The second-order valence-corrected chi connectivity index (χ2v) is 19.3. The smallest absolute Gasteiger partial charge is 0.243 e. The largest absolute Gasteiger partial charge is 0.370 e. The summed E-state index contributed by atoms with van der Waals surface area (Å²) in [4.78, 5) is 148. The number of aromatic amines is 1. The molecular weight excluding hydrogens is 1020 g/mol. The maximum absolute atomic E-state index is 14.8. The Balaban J connectivity index is 1.80. The van der Waals surface area contributed by atoms with Gasteiger partial charge in [-0.1, -0.05) is 48.0 Å². The van der Waals surface area contributed by atoms with Crippen LogP contribution in [0.4, 0.5) is 0 Å². The Kier molecular flexibility index (Phi) is 24.8.